The minimum absolute atomic E-state index is 0.0596. The maximum Gasteiger partial charge on any atom is 0.255 e. The smallest absolute Gasteiger partial charge is 0.255 e. The van der Waals surface area contributed by atoms with Crippen LogP contribution in [0, 0.1) is 11.6 Å². The fourth-order valence-electron chi connectivity index (χ4n) is 2.56. The van der Waals surface area contributed by atoms with E-state index < -0.39 is 17.5 Å². The van der Waals surface area contributed by atoms with Crippen molar-refractivity contribution in [2.75, 3.05) is 12.4 Å². The number of benzene rings is 3. The van der Waals surface area contributed by atoms with Gasteiger partial charge in [-0.1, -0.05) is 41.4 Å². The van der Waals surface area contributed by atoms with Crippen LogP contribution in [-0.4, -0.2) is 13.0 Å². The summed E-state index contributed by atoms with van der Waals surface area (Å²) in [4.78, 5) is 12.2. The zero-order valence-corrected chi connectivity index (χ0v) is 15.5. The molecule has 0 aliphatic heterocycles. The lowest BCUT2D eigenvalue weighted by molar-refractivity contribution is 0.102. The molecule has 0 atom stereocenters. The van der Waals surface area contributed by atoms with E-state index >= 15 is 0 Å². The van der Waals surface area contributed by atoms with Crippen LogP contribution in [0.25, 0.3) is 11.1 Å². The van der Waals surface area contributed by atoms with Gasteiger partial charge in [-0.15, -0.1) is 0 Å². The van der Waals surface area contributed by atoms with Crippen molar-refractivity contribution >= 4 is 34.8 Å². The van der Waals surface area contributed by atoms with Gasteiger partial charge in [-0.05, 0) is 36.4 Å². The van der Waals surface area contributed by atoms with Crippen molar-refractivity contribution in [2.24, 2.45) is 0 Å². The Bertz CT molecular complexity index is 1010. The van der Waals surface area contributed by atoms with E-state index in [9.17, 15) is 13.6 Å². The molecule has 3 rings (SSSR count). The number of rotatable bonds is 4. The zero-order chi connectivity index (χ0) is 19.6. The summed E-state index contributed by atoms with van der Waals surface area (Å²) in [5, 5.41) is 2.55. The summed E-state index contributed by atoms with van der Waals surface area (Å²) in [5.41, 5.74) is -0.00496. The third-order valence-electron chi connectivity index (χ3n) is 3.91. The van der Waals surface area contributed by atoms with Gasteiger partial charge in [0.2, 0.25) is 0 Å². The second-order valence-electron chi connectivity index (χ2n) is 5.55. The SMILES string of the molecule is COc1ccc(Cl)c(-c2ccc(NC(=O)c3ccccc3)c(F)c2F)c1Cl. The third kappa shape index (κ3) is 3.75. The molecule has 0 heterocycles. The van der Waals surface area contributed by atoms with E-state index in [1.54, 1.807) is 30.3 Å². The minimum Gasteiger partial charge on any atom is -0.495 e. The van der Waals surface area contributed by atoms with Crippen LogP contribution in [0.1, 0.15) is 10.4 Å². The van der Waals surface area contributed by atoms with Crippen LogP contribution in [-0.2, 0) is 0 Å². The predicted octanol–water partition coefficient (Wildman–Crippen LogP) is 6.20. The standard InChI is InChI=1S/C20H13Cl2F2NO2/c1-27-15-10-8-13(21)16(17(15)22)12-7-9-14(19(24)18(12)23)25-20(26)11-5-3-2-4-6-11/h2-10H,1H3,(H,25,26). The van der Waals surface area contributed by atoms with Crippen molar-refractivity contribution in [2.45, 2.75) is 0 Å². The molecule has 0 aliphatic rings. The number of methoxy groups -OCH3 is 1. The van der Waals surface area contributed by atoms with E-state index in [1.807, 2.05) is 0 Å². The Labute approximate surface area is 164 Å². The Balaban J connectivity index is 2.01. The Kier molecular flexibility index (Phi) is 5.63. The molecule has 0 saturated carbocycles. The normalized spacial score (nSPS) is 10.6. The maximum absolute atomic E-state index is 14.7. The molecule has 0 radical (unpaired) electrons. The van der Waals surface area contributed by atoms with Gasteiger partial charge in [-0.3, -0.25) is 4.79 Å². The maximum atomic E-state index is 14.7. The molecular formula is C20H13Cl2F2NO2. The van der Waals surface area contributed by atoms with Crippen molar-refractivity contribution in [3.05, 3.63) is 81.8 Å². The Hall–Kier alpha value is -2.63. The lowest BCUT2D eigenvalue weighted by atomic mass is 10.0. The summed E-state index contributed by atoms with van der Waals surface area (Å²) in [6, 6.07) is 13.8. The molecule has 0 unspecified atom stereocenters. The lowest BCUT2D eigenvalue weighted by Gasteiger charge is -2.14. The molecule has 3 aromatic carbocycles. The van der Waals surface area contributed by atoms with Crippen molar-refractivity contribution in [3.8, 4) is 16.9 Å². The quantitative estimate of drug-likeness (QED) is 0.558. The van der Waals surface area contributed by atoms with Gasteiger partial charge in [0.15, 0.2) is 11.6 Å². The highest BCUT2D eigenvalue weighted by Crippen LogP contribution is 2.42. The van der Waals surface area contributed by atoms with Crippen LogP contribution < -0.4 is 10.1 Å². The van der Waals surface area contributed by atoms with Gasteiger partial charge in [0, 0.05) is 16.7 Å². The first kappa shape index (κ1) is 19.1. The van der Waals surface area contributed by atoms with Crippen LogP contribution in [0.5, 0.6) is 5.75 Å². The molecule has 0 saturated heterocycles. The molecule has 0 spiro atoms. The molecular weight excluding hydrogens is 395 g/mol. The fraction of sp³-hybridized carbons (Fsp3) is 0.0500. The number of ether oxygens (including phenoxy) is 1. The van der Waals surface area contributed by atoms with Gasteiger partial charge in [0.05, 0.1) is 22.8 Å². The Morgan fingerprint density at radius 2 is 1.67 bits per heavy atom. The van der Waals surface area contributed by atoms with Gasteiger partial charge in [-0.2, -0.15) is 0 Å². The zero-order valence-electron chi connectivity index (χ0n) is 14.0. The number of hydrogen-bond acceptors (Lipinski definition) is 2. The largest absolute Gasteiger partial charge is 0.495 e. The number of amides is 1. The van der Waals surface area contributed by atoms with E-state index in [1.165, 1.54) is 31.4 Å². The Morgan fingerprint density at radius 1 is 0.963 bits per heavy atom. The fourth-order valence-corrected chi connectivity index (χ4v) is 3.21. The molecule has 0 fully saturated rings. The van der Waals surface area contributed by atoms with Crippen molar-refractivity contribution in [1.29, 1.82) is 0 Å². The van der Waals surface area contributed by atoms with Crippen LogP contribution in [0.2, 0.25) is 10.0 Å². The number of hydrogen-bond donors (Lipinski definition) is 1. The summed E-state index contributed by atoms with van der Waals surface area (Å²) < 4.78 is 34.4. The summed E-state index contributed by atoms with van der Waals surface area (Å²) in [6.07, 6.45) is 0. The first-order chi connectivity index (χ1) is 12.9. The molecule has 7 heteroatoms. The van der Waals surface area contributed by atoms with Gasteiger partial charge < -0.3 is 10.1 Å². The van der Waals surface area contributed by atoms with Crippen LogP contribution in [0.15, 0.2) is 54.6 Å². The van der Waals surface area contributed by atoms with E-state index in [0.29, 0.717) is 5.56 Å². The summed E-state index contributed by atoms with van der Waals surface area (Å²) in [7, 11) is 1.40. The monoisotopic (exact) mass is 407 g/mol. The first-order valence-electron chi connectivity index (χ1n) is 7.80. The molecule has 0 bridgehead atoms. The second-order valence-corrected chi connectivity index (χ2v) is 6.33. The highest BCUT2D eigenvalue weighted by molar-refractivity contribution is 6.40. The molecule has 3 aromatic rings. The van der Waals surface area contributed by atoms with E-state index in [2.05, 4.69) is 5.32 Å². The van der Waals surface area contributed by atoms with E-state index in [-0.39, 0.29) is 32.6 Å². The highest BCUT2D eigenvalue weighted by Gasteiger charge is 2.21. The Morgan fingerprint density at radius 3 is 2.33 bits per heavy atom. The predicted molar refractivity (Wildman–Crippen MR) is 103 cm³/mol. The van der Waals surface area contributed by atoms with Crippen molar-refractivity contribution < 1.29 is 18.3 Å². The third-order valence-corrected chi connectivity index (χ3v) is 4.60. The average Bonchev–Trinajstić information content (AvgIpc) is 2.68. The second kappa shape index (κ2) is 7.94. The van der Waals surface area contributed by atoms with Crippen molar-refractivity contribution in [3.63, 3.8) is 0 Å². The van der Waals surface area contributed by atoms with Gasteiger partial charge >= 0.3 is 0 Å². The highest BCUT2D eigenvalue weighted by atomic mass is 35.5. The number of carbonyl (C=O) groups is 1. The lowest BCUT2D eigenvalue weighted by Crippen LogP contribution is -2.13. The average molecular weight is 408 g/mol. The van der Waals surface area contributed by atoms with E-state index in [0.717, 1.165) is 0 Å². The molecule has 27 heavy (non-hydrogen) atoms. The summed E-state index contributed by atoms with van der Waals surface area (Å²) in [6.45, 7) is 0. The van der Waals surface area contributed by atoms with Gasteiger partial charge in [-0.25, -0.2) is 8.78 Å². The molecule has 1 amide bonds. The topological polar surface area (TPSA) is 38.3 Å². The van der Waals surface area contributed by atoms with E-state index in [4.69, 9.17) is 27.9 Å². The number of nitrogens with one attached hydrogen (secondary N) is 1. The summed E-state index contributed by atoms with van der Waals surface area (Å²) >= 11 is 12.3. The van der Waals surface area contributed by atoms with Crippen LogP contribution in [0.4, 0.5) is 14.5 Å². The van der Waals surface area contributed by atoms with Crippen LogP contribution in [0.3, 0.4) is 0 Å². The van der Waals surface area contributed by atoms with Crippen molar-refractivity contribution in [1.82, 2.24) is 0 Å². The summed E-state index contributed by atoms with van der Waals surface area (Å²) in [5.74, 6) is -2.68. The number of anilines is 1. The first-order valence-corrected chi connectivity index (χ1v) is 8.56. The molecule has 1 N–H and O–H groups in total. The minimum atomic E-state index is -1.22. The molecule has 0 aliphatic carbocycles. The molecule has 0 aromatic heterocycles. The number of halogens is 4. The number of carbonyl (C=O) groups excluding carboxylic acids is 1. The van der Waals surface area contributed by atoms with Gasteiger partial charge in [0.1, 0.15) is 5.75 Å². The van der Waals surface area contributed by atoms with Gasteiger partial charge in [0.25, 0.3) is 5.91 Å². The van der Waals surface area contributed by atoms with Crippen LogP contribution >= 0.6 is 23.2 Å². The molecule has 3 nitrogen and oxygen atoms in total. The molecule has 138 valence electrons.